The van der Waals surface area contributed by atoms with E-state index in [-0.39, 0.29) is 16.8 Å². The van der Waals surface area contributed by atoms with Crippen LogP contribution in [0.25, 0.3) is 0 Å². The van der Waals surface area contributed by atoms with Gasteiger partial charge in [0, 0.05) is 19.7 Å². The van der Waals surface area contributed by atoms with Gasteiger partial charge in [-0.25, -0.2) is 12.7 Å². The van der Waals surface area contributed by atoms with Gasteiger partial charge in [0.1, 0.15) is 0 Å². The van der Waals surface area contributed by atoms with Crippen molar-refractivity contribution in [1.82, 2.24) is 9.62 Å². The first-order valence-corrected chi connectivity index (χ1v) is 9.66. The second-order valence-electron chi connectivity index (χ2n) is 6.58. The lowest BCUT2D eigenvalue weighted by Crippen LogP contribution is -2.27. The summed E-state index contributed by atoms with van der Waals surface area (Å²) in [6.45, 7) is 2.07. The molecular formula is C19H22N2O3S. The number of hydrogen-bond donors (Lipinski definition) is 1. The van der Waals surface area contributed by atoms with Gasteiger partial charge in [-0.2, -0.15) is 0 Å². The molecule has 0 heterocycles. The number of nitrogens with one attached hydrogen (secondary N) is 1. The van der Waals surface area contributed by atoms with Crippen LogP contribution in [0.5, 0.6) is 0 Å². The fraction of sp³-hybridized carbons (Fsp3) is 0.316. The molecule has 0 saturated heterocycles. The fourth-order valence-corrected chi connectivity index (χ4v) is 4.03. The van der Waals surface area contributed by atoms with Crippen LogP contribution in [0.4, 0.5) is 0 Å². The highest BCUT2D eigenvalue weighted by atomic mass is 32.2. The summed E-state index contributed by atoms with van der Waals surface area (Å²) in [6, 6.07) is 12.4. The normalized spacial score (nSPS) is 16.7. The Morgan fingerprint density at radius 3 is 2.44 bits per heavy atom. The average molecular weight is 358 g/mol. The molecule has 2 aromatic carbocycles. The van der Waals surface area contributed by atoms with Crippen molar-refractivity contribution < 1.29 is 13.2 Å². The number of sulfonamides is 1. The largest absolute Gasteiger partial charge is 0.345 e. The van der Waals surface area contributed by atoms with Gasteiger partial charge in [0.15, 0.2) is 0 Å². The second-order valence-corrected chi connectivity index (χ2v) is 8.73. The molecule has 0 spiro atoms. The Balaban J connectivity index is 1.75. The quantitative estimate of drug-likeness (QED) is 0.914. The Morgan fingerprint density at radius 1 is 1.12 bits per heavy atom. The van der Waals surface area contributed by atoms with E-state index in [1.165, 1.54) is 42.9 Å². The van der Waals surface area contributed by atoms with Crippen LogP contribution in [-0.2, 0) is 16.4 Å². The lowest BCUT2D eigenvalue weighted by molar-refractivity contribution is 0.0936. The van der Waals surface area contributed by atoms with E-state index in [9.17, 15) is 13.2 Å². The molecule has 1 atom stereocenters. The monoisotopic (exact) mass is 358 g/mol. The number of benzene rings is 2. The molecule has 6 heteroatoms. The van der Waals surface area contributed by atoms with Crippen molar-refractivity contribution in [2.75, 3.05) is 14.1 Å². The lowest BCUT2D eigenvalue weighted by Gasteiger charge is -2.15. The number of rotatable bonds is 4. The lowest BCUT2D eigenvalue weighted by atomic mass is 10.1. The molecular weight excluding hydrogens is 336 g/mol. The van der Waals surface area contributed by atoms with Crippen molar-refractivity contribution in [3.63, 3.8) is 0 Å². The van der Waals surface area contributed by atoms with Crippen molar-refractivity contribution in [1.29, 1.82) is 0 Å². The number of nitrogens with zero attached hydrogens (tertiary/aromatic N) is 1. The summed E-state index contributed by atoms with van der Waals surface area (Å²) in [5, 5.41) is 3.05. The van der Waals surface area contributed by atoms with E-state index in [1.54, 1.807) is 12.1 Å². The maximum absolute atomic E-state index is 12.5. The zero-order chi connectivity index (χ0) is 18.2. The molecule has 1 amide bonds. The molecule has 3 rings (SSSR count). The van der Waals surface area contributed by atoms with Gasteiger partial charge in [-0.15, -0.1) is 0 Å². The summed E-state index contributed by atoms with van der Waals surface area (Å²) >= 11 is 0. The highest BCUT2D eigenvalue weighted by Crippen LogP contribution is 2.31. The fourth-order valence-electron chi connectivity index (χ4n) is 3.13. The first-order chi connectivity index (χ1) is 11.8. The smallest absolute Gasteiger partial charge is 0.251 e. The van der Waals surface area contributed by atoms with Gasteiger partial charge in [-0.1, -0.05) is 23.8 Å². The van der Waals surface area contributed by atoms with E-state index >= 15 is 0 Å². The molecule has 25 heavy (non-hydrogen) atoms. The van der Waals surface area contributed by atoms with Crippen LogP contribution < -0.4 is 5.32 Å². The minimum Gasteiger partial charge on any atom is -0.345 e. The topological polar surface area (TPSA) is 66.5 Å². The molecule has 0 aromatic heterocycles. The number of carbonyl (C=O) groups excluding carboxylic acids is 1. The van der Waals surface area contributed by atoms with Gasteiger partial charge in [0.2, 0.25) is 10.0 Å². The molecule has 1 N–H and O–H groups in total. The van der Waals surface area contributed by atoms with Crippen LogP contribution in [0.2, 0.25) is 0 Å². The average Bonchev–Trinajstić information content (AvgIpc) is 2.96. The first kappa shape index (κ1) is 17.6. The highest BCUT2D eigenvalue weighted by molar-refractivity contribution is 7.89. The Kier molecular flexibility index (Phi) is 4.67. The van der Waals surface area contributed by atoms with E-state index in [1.807, 2.05) is 0 Å². The minimum absolute atomic E-state index is 0.00767. The summed E-state index contributed by atoms with van der Waals surface area (Å²) in [7, 11) is -0.521. The number of hydrogen-bond acceptors (Lipinski definition) is 3. The van der Waals surface area contributed by atoms with Gasteiger partial charge < -0.3 is 5.32 Å². The molecule has 1 aliphatic carbocycles. The van der Waals surface area contributed by atoms with Crippen molar-refractivity contribution in [3.8, 4) is 0 Å². The standard InChI is InChI=1S/C19H22N2O3S/c1-13-4-10-17-15(12-13)7-11-18(17)20-19(22)14-5-8-16(9-6-14)25(23,24)21(2)3/h4-6,8-10,12,18H,7,11H2,1-3H3,(H,20,22)/t18-/m1/s1. The van der Waals surface area contributed by atoms with E-state index in [0.717, 1.165) is 17.1 Å². The van der Waals surface area contributed by atoms with Crippen LogP contribution >= 0.6 is 0 Å². The Morgan fingerprint density at radius 2 is 1.80 bits per heavy atom. The van der Waals surface area contributed by atoms with Crippen molar-refractivity contribution >= 4 is 15.9 Å². The van der Waals surface area contributed by atoms with Gasteiger partial charge in [-0.3, -0.25) is 4.79 Å². The van der Waals surface area contributed by atoms with E-state index in [2.05, 4.69) is 30.4 Å². The van der Waals surface area contributed by atoms with Gasteiger partial charge in [0.25, 0.3) is 5.91 Å². The molecule has 0 radical (unpaired) electrons. The number of aryl methyl sites for hydroxylation is 2. The maximum Gasteiger partial charge on any atom is 0.251 e. The summed E-state index contributed by atoms with van der Waals surface area (Å²) in [5.41, 5.74) is 4.14. The molecule has 132 valence electrons. The van der Waals surface area contributed by atoms with Crippen LogP contribution in [0, 0.1) is 6.92 Å². The minimum atomic E-state index is -3.48. The second kappa shape index (κ2) is 6.61. The molecule has 2 aromatic rings. The van der Waals surface area contributed by atoms with E-state index in [4.69, 9.17) is 0 Å². The Labute approximate surface area is 148 Å². The van der Waals surface area contributed by atoms with Crippen LogP contribution in [-0.4, -0.2) is 32.7 Å². The molecule has 0 bridgehead atoms. The number of amides is 1. The summed E-state index contributed by atoms with van der Waals surface area (Å²) in [5.74, 6) is -0.188. The molecule has 5 nitrogen and oxygen atoms in total. The van der Waals surface area contributed by atoms with Crippen molar-refractivity contribution in [2.45, 2.75) is 30.7 Å². The predicted octanol–water partition coefficient (Wildman–Crippen LogP) is 2.66. The molecule has 0 saturated carbocycles. The third kappa shape index (κ3) is 3.45. The maximum atomic E-state index is 12.5. The Bertz CT molecular complexity index is 903. The van der Waals surface area contributed by atoms with Crippen molar-refractivity contribution in [2.24, 2.45) is 0 Å². The SMILES string of the molecule is Cc1ccc2c(c1)CC[C@H]2NC(=O)c1ccc(S(=O)(=O)N(C)C)cc1. The number of carbonyl (C=O) groups is 1. The van der Waals surface area contributed by atoms with Crippen LogP contribution in [0.15, 0.2) is 47.4 Å². The third-order valence-electron chi connectivity index (χ3n) is 4.58. The molecule has 0 unspecified atom stereocenters. The Hall–Kier alpha value is -2.18. The van der Waals surface area contributed by atoms with Crippen LogP contribution in [0.1, 0.15) is 39.5 Å². The van der Waals surface area contributed by atoms with Crippen LogP contribution in [0.3, 0.4) is 0 Å². The summed E-state index contributed by atoms with van der Waals surface area (Å²) in [6.07, 6.45) is 1.85. The molecule has 0 fully saturated rings. The zero-order valence-corrected chi connectivity index (χ0v) is 15.4. The van der Waals surface area contributed by atoms with Crippen molar-refractivity contribution in [3.05, 3.63) is 64.7 Å². The van der Waals surface area contributed by atoms with Gasteiger partial charge >= 0.3 is 0 Å². The van der Waals surface area contributed by atoms with Gasteiger partial charge in [-0.05, 0) is 55.2 Å². The molecule has 0 aliphatic heterocycles. The zero-order valence-electron chi connectivity index (χ0n) is 14.6. The summed E-state index contributed by atoms with van der Waals surface area (Å²) in [4.78, 5) is 12.7. The summed E-state index contributed by atoms with van der Waals surface area (Å²) < 4.78 is 25.3. The van der Waals surface area contributed by atoms with E-state index in [0.29, 0.717) is 5.56 Å². The first-order valence-electron chi connectivity index (χ1n) is 8.22. The highest BCUT2D eigenvalue weighted by Gasteiger charge is 2.24. The third-order valence-corrected chi connectivity index (χ3v) is 6.41. The predicted molar refractivity (Wildman–Crippen MR) is 97.0 cm³/mol. The molecule has 1 aliphatic rings. The van der Waals surface area contributed by atoms with E-state index < -0.39 is 10.0 Å². The number of fused-ring (bicyclic) bond motifs is 1. The van der Waals surface area contributed by atoms with Gasteiger partial charge in [0.05, 0.1) is 10.9 Å².